The van der Waals surface area contributed by atoms with Gasteiger partial charge in [0.15, 0.2) is 17.2 Å². The zero-order valence-corrected chi connectivity index (χ0v) is 20.1. The zero-order valence-electron chi connectivity index (χ0n) is 18.5. The maximum atomic E-state index is 12.3. The number of thioether (sulfide) groups is 1. The number of aromatic nitrogens is 2. The molecule has 1 fully saturated rings. The van der Waals surface area contributed by atoms with Gasteiger partial charge in [0, 0.05) is 22.8 Å². The molecule has 0 spiro atoms. The molecular formula is C23H27ClN2O6S. The van der Waals surface area contributed by atoms with Gasteiger partial charge < -0.3 is 24.3 Å². The Morgan fingerprint density at radius 1 is 1.18 bits per heavy atom. The molecule has 2 heterocycles. The van der Waals surface area contributed by atoms with E-state index in [9.17, 15) is 19.8 Å². The van der Waals surface area contributed by atoms with Crippen molar-refractivity contribution >= 4 is 35.3 Å². The van der Waals surface area contributed by atoms with E-state index >= 15 is 0 Å². The Balaban J connectivity index is 1.58. The van der Waals surface area contributed by atoms with Crippen molar-refractivity contribution in [1.29, 1.82) is 0 Å². The third kappa shape index (κ3) is 5.09. The highest BCUT2D eigenvalue weighted by Gasteiger charge is 2.29. The number of halogens is 1. The van der Waals surface area contributed by atoms with E-state index in [1.54, 1.807) is 16.7 Å². The average Bonchev–Trinajstić information content (AvgIpc) is 3.37. The van der Waals surface area contributed by atoms with Crippen molar-refractivity contribution in [3.63, 3.8) is 0 Å². The predicted octanol–water partition coefficient (Wildman–Crippen LogP) is 5.12. The summed E-state index contributed by atoms with van der Waals surface area (Å²) in [7, 11) is 0. The second-order valence-electron chi connectivity index (χ2n) is 8.83. The number of ether oxygens (including phenoxy) is 2. The van der Waals surface area contributed by atoms with E-state index in [2.05, 4.69) is 0 Å². The standard InChI is InChI=1S/C23H27ClN2O6S/c1-12(2)20-25-21(33-10-13-3-5-14(6-4-13)22(27)28)19(23(29)30)26(20)9-15-7-17-18(8-16(15)24)32-11-31-17/h7-8,12-14H,3-6,9-11H2,1-2H3,(H,27,28)(H,29,30). The van der Waals surface area contributed by atoms with Crippen LogP contribution in [-0.4, -0.2) is 44.2 Å². The Kier molecular flexibility index (Phi) is 7.09. The molecule has 0 amide bonds. The molecule has 10 heteroatoms. The lowest BCUT2D eigenvalue weighted by atomic mass is 9.83. The van der Waals surface area contributed by atoms with Crippen molar-refractivity contribution in [2.45, 2.75) is 57.0 Å². The van der Waals surface area contributed by atoms with Crippen molar-refractivity contribution in [3.05, 3.63) is 34.2 Å². The SMILES string of the molecule is CC(C)c1nc(SCC2CCC(C(=O)O)CC2)c(C(=O)O)n1Cc1cc2c(cc1Cl)OCO2. The smallest absolute Gasteiger partial charge is 0.355 e. The molecule has 2 N–H and O–H groups in total. The maximum absolute atomic E-state index is 12.3. The zero-order chi connectivity index (χ0) is 23.7. The molecule has 0 saturated heterocycles. The first-order valence-electron chi connectivity index (χ1n) is 11.0. The lowest BCUT2D eigenvalue weighted by molar-refractivity contribution is -0.143. The van der Waals surface area contributed by atoms with E-state index in [1.165, 1.54) is 11.8 Å². The number of rotatable bonds is 8. The van der Waals surface area contributed by atoms with Gasteiger partial charge in [0.1, 0.15) is 10.9 Å². The van der Waals surface area contributed by atoms with Crippen LogP contribution in [0.1, 0.15) is 67.3 Å². The summed E-state index contributed by atoms with van der Waals surface area (Å²) in [6.45, 7) is 4.34. The van der Waals surface area contributed by atoms with Crippen molar-refractivity contribution in [2.75, 3.05) is 12.5 Å². The Labute approximate surface area is 201 Å². The molecule has 1 saturated carbocycles. The molecule has 33 heavy (non-hydrogen) atoms. The van der Waals surface area contributed by atoms with Crippen LogP contribution in [0, 0.1) is 11.8 Å². The first-order valence-corrected chi connectivity index (χ1v) is 12.4. The Hall–Kier alpha value is -2.39. The van der Waals surface area contributed by atoms with Crippen LogP contribution >= 0.6 is 23.4 Å². The van der Waals surface area contributed by atoms with Crippen molar-refractivity contribution in [2.24, 2.45) is 11.8 Å². The molecule has 0 radical (unpaired) electrons. The van der Waals surface area contributed by atoms with Gasteiger partial charge in [-0.2, -0.15) is 0 Å². The van der Waals surface area contributed by atoms with Crippen LogP contribution < -0.4 is 9.47 Å². The molecule has 2 aliphatic rings. The summed E-state index contributed by atoms with van der Waals surface area (Å²) < 4.78 is 12.5. The average molecular weight is 495 g/mol. The molecule has 4 rings (SSSR count). The summed E-state index contributed by atoms with van der Waals surface area (Å²) in [6, 6.07) is 3.48. The molecular weight excluding hydrogens is 468 g/mol. The minimum absolute atomic E-state index is 0.0104. The third-order valence-electron chi connectivity index (χ3n) is 6.21. The van der Waals surface area contributed by atoms with Crippen molar-refractivity contribution < 1.29 is 29.3 Å². The van der Waals surface area contributed by atoms with Crippen LogP contribution in [0.3, 0.4) is 0 Å². The third-order valence-corrected chi connectivity index (χ3v) is 7.75. The highest BCUT2D eigenvalue weighted by molar-refractivity contribution is 7.99. The lowest BCUT2D eigenvalue weighted by Crippen LogP contribution is -2.22. The summed E-state index contributed by atoms with van der Waals surface area (Å²) in [4.78, 5) is 28.2. The molecule has 1 aromatic carbocycles. The van der Waals surface area contributed by atoms with E-state index in [4.69, 9.17) is 26.1 Å². The largest absolute Gasteiger partial charge is 0.481 e. The number of carbonyl (C=O) groups is 2. The maximum Gasteiger partial charge on any atom is 0.355 e. The molecule has 1 aliphatic carbocycles. The van der Waals surface area contributed by atoms with E-state index in [1.807, 2.05) is 13.8 Å². The van der Waals surface area contributed by atoms with Gasteiger partial charge in [0.05, 0.1) is 12.5 Å². The van der Waals surface area contributed by atoms with E-state index in [-0.39, 0.29) is 30.9 Å². The number of benzene rings is 1. The van der Waals surface area contributed by atoms with Gasteiger partial charge in [-0.25, -0.2) is 9.78 Å². The number of carboxylic acids is 2. The number of imidazole rings is 1. The number of aliphatic carboxylic acids is 1. The summed E-state index contributed by atoms with van der Waals surface area (Å²) in [5.74, 6) is 0.887. The minimum atomic E-state index is -1.04. The van der Waals surface area contributed by atoms with Gasteiger partial charge in [-0.3, -0.25) is 4.79 Å². The number of hydrogen-bond donors (Lipinski definition) is 2. The van der Waals surface area contributed by atoms with E-state index in [0.717, 1.165) is 18.4 Å². The summed E-state index contributed by atoms with van der Waals surface area (Å²) in [5, 5.41) is 20.2. The van der Waals surface area contributed by atoms with Crippen molar-refractivity contribution in [1.82, 2.24) is 9.55 Å². The first-order chi connectivity index (χ1) is 15.7. The van der Waals surface area contributed by atoms with Crippen LogP contribution in [0.2, 0.25) is 5.02 Å². The van der Waals surface area contributed by atoms with Gasteiger partial charge in [-0.15, -0.1) is 11.8 Å². The normalized spacial score (nSPS) is 19.8. The second-order valence-corrected chi connectivity index (χ2v) is 10.2. The van der Waals surface area contributed by atoms with Crippen LogP contribution in [0.4, 0.5) is 0 Å². The Bertz CT molecular complexity index is 1060. The molecule has 0 unspecified atom stereocenters. The quantitative estimate of drug-likeness (QED) is 0.486. The fourth-order valence-corrected chi connectivity index (χ4v) is 5.81. The van der Waals surface area contributed by atoms with E-state index in [0.29, 0.717) is 51.9 Å². The summed E-state index contributed by atoms with van der Waals surface area (Å²) >= 11 is 7.90. The first kappa shape index (κ1) is 23.8. The van der Waals surface area contributed by atoms with Crippen molar-refractivity contribution in [3.8, 4) is 11.5 Å². The molecule has 0 atom stereocenters. The fraction of sp³-hybridized carbons (Fsp3) is 0.522. The van der Waals surface area contributed by atoms with E-state index < -0.39 is 11.9 Å². The van der Waals surface area contributed by atoms with Gasteiger partial charge in [-0.05, 0) is 43.2 Å². The minimum Gasteiger partial charge on any atom is -0.481 e. The highest BCUT2D eigenvalue weighted by Crippen LogP contribution is 2.39. The van der Waals surface area contributed by atoms with Crippen LogP contribution in [-0.2, 0) is 11.3 Å². The number of aromatic carboxylic acids is 1. The summed E-state index contributed by atoms with van der Waals surface area (Å²) in [6.07, 6.45) is 3.00. The number of carboxylic acid groups (broad SMARTS) is 2. The van der Waals surface area contributed by atoms with Gasteiger partial charge >= 0.3 is 11.9 Å². The van der Waals surface area contributed by atoms with Gasteiger partial charge in [-0.1, -0.05) is 25.4 Å². The number of nitrogens with zero attached hydrogens (tertiary/aromatic N) is 2. The topological polar surface area (TPSA) is 111 Å². The molecule has 178 valence electrons. The molecule has 0 bridgehead atoms. The van der Waals surface area contributed by atoms with Crippen LogP contribution in [0.25, 0.3) is 0 Å². The van der Waals surface area contributed by atoms with Crippen LogP contribution in [0.15, 0.2) is 17.2 Å². The molecule has 1 aromatic heterocycles. The fourth-order valence-electron chi connectivity index (χ4n) is 4.38. The lowest BCUT2D eigenvalue weighted by Gasteiger charge is -2.25. The van der Waals surface area contributed by atoms with Crippen LogP contribution in [0.5, 0.6) is 11.5 Å². The molecule has 8 nitrogen and oxygen atoms in total. The highest BCUT2D eigenvalue weighted by atomic mass is 35.5. The van der Waals surface area contributed by atoms with Gasteiger partial charge in [0.25, 0.3) is 0 Å². The Morgan fingerprint density at radius 3 is 2.45 bits per heavy atom. The second kappa shape index (κ2) is 9.85. The summed E-state index contributed by atoms with van der Waals surface area (Å²) in [5.41, 5.74) is 0.878. The Morgan fingerprint density at radius 2 is 1.85 bits per heavy atom. The predicted molar refractivity (Wildman–Crippen MR) is 124 cm³/mol. The monoisotopic (exact) mass is 494 g/mol. The van der Waals surface area contributed by atoms with Gasteiger partial charge in [0.2, 0.25) is 6.79 Å². The molecule has 2 aromatic rings. The molecule has 1 aliphatic heterocycles. The number of fused-ring (bicyclic) bond motifs is 1. The number of hydrogen-bond acceptors (Lipinski definition) is 6.